The Labute approximate surface area is 194 Å². The number of halogens is 1. The molecule has 0 spiro atoms. The number of carbonyl (C=O) groups excluding carboxylic acids is 1. The lowest BCUT2D eigenvalue weighted by Crippen LogP contribution is -2.43. The van der Waals surface area contributed by atoms with E-state index >= 15 is 0 Å². The molecular formula is C20H23FN4O6S2. The predicted octanol–water partition coefficient (Wildman–Crippen LogP) is 2.20. The van der Waals surface area contributed by atoms with Crippen LogP contribution < -0.4 is 10.5 Å². The lowest BCUT2D eigenvalue weighted by molar-refractivity contribution is -0.384. The minimum absolute atomic E-state index is 0.0439. The summed E-state index contributed by atoms with van der Waals surface area (Å²) in [4.78, 5) is 25.7. The number of nitrogens with zero attached hydrogens (tertiary/aromatic N) is 2. The van der Waals surface area contributed by atoms with Gasteiger partial charge in [0.2, 0.25) is 15.9 Å². The van der Waals surface area contributed by atoms with Crippen LogP contribution in [0.5, 0.6) is 0 Å². The Balaban J connectivity index is 1.82. The van der Waals surface area contributed by atoms with Crippen LogP contribution >= 0.6 is 11.8 Å². The Morgan fingerprint density at radius 3 is 2.52 bits per heavy atom. The van der Waals surface area contributed by atoms with Crippen LogP contribution in [-0.4, -0.2) is 62.2 Å². The number of hydrogen-bond acceptors (Lipinski definition) is 8. The van der Waals surface area contributed by atoms with E-state index in [1.807, 2.05) is 0 Å². The maximum absolute atomic E-state index is 13.2. The van der Waals surface area contributed by atoms with Gasteiger partial charge in [-0.25, -0.2) is 17.9 Å². The van der Waals surface area contributed by atoms with Gasteiger partial charge in [0, 0.05) is 42.3 Å². The third-order valence-electron chi connectivity index (χ3n) is 4.90. The molecule has 13 heteroatoms. The quantitative estimate of drug-likeness (QED) is 0.304. The number of nitro benzene ring substituents is 1. The van der Waals surface area contributed by atoms with Crippen LogP contribution in [0.25, 0.3) is 0 Å². The fourth-order valence-electron chi connectivity index (χ4n) is 3.21. The van der Waals surface area contributed by atoms with Gasteiger partial charge < -0.3 is 15.0 Å². The van der Waals surface area contributed by atoms with Gasteiger partial charge in [-0.05, 0) is 36.4 Å². The number of nitrogens with two attached hydrogens (primary N) is 1. The zero-order chi connectivity index (χ0) is 24.0. The number of ether oxygens (including phenoxy) is 1. The molecule has 10 nitrogen and oxygen atoms in total. The van der Waals surface area contributed by atoms with Crippen LogP contribution in [0.15, 0.2) is 52.3 Å². The second-order valence-electron chi connectivity index (χ2n) is 7.28. The average Bonchev–Trinajstić information content (AvgIpc) is 2.78. The molecule has 1 atom stereocenters. The number of nitro groups is 1. The lowest BCUT2D eigenvalue weighted by atomic mass is 10.1. The minimum atomic E-state index is -4.13. The Kier molecular flexibility index (Phi) is 8.24. The van der Waals surface area contributed by atoms with Gasteiger partial charge in [0.05, 0.1) is 23.0 Å². The molecule has 1 amide bonds. The first-order chi connectivity index (χ1) is 15.6. The number of nitrogens with one attached hydrogen (secondary N) is 1. The van der Waals surface area contributed by atoms with Crippen molar-refractivity contribution in [2.75, 3.05) is 37.4 Å². The highest BCUT2D eigenvalue weighted by Gasteiger charge is 2.25. The fraction of sp³-hybridized carbons (Fsp3) is 0.350. The number of morpholine rings is 1. The summed E-state index contributed by atoms with van der Waals surface area (Å²) in [5.41, 5.74) is -0.413. The van der Waals surface area contributed by atoms with E-state index in [4.69, 9.17) is 9.88 Å². The summed E-state index contributed by atoms with van der Waals surface area (Å²) in [6, 6.07) is 8.61. The topological polar surface area (TPSA) is 145 Å². The van der Waals surface area contributed by atoms with Crippen molar-refractivity contribution in [3.8, 4) is 0 Å². The molecule has 2 aromatic carbocycles. The largest absolute Gasteiger partial charge is 0.378 e. The summed E-state index contributed by atoms with van der Waals surface area (Å²) in [6.07, 6.45) is 0.0439. The number of benzene rings is 2. The van der Waals surface area contributed by atoms with E-state index in [0.717, 1.165) is 11.0 Å². The average molecular weight is 499 g/mol. The molecule has 1 heterocycles. The van der Waals surface area contributed by atoms with Crippen LogP contribution in [0.4, 0.5) is 15.8 Å². The SMILES string of the molecule is NS(=O)(=O)c1ccc(N[C@@H](CSc2ccc(F)cc2)CC(=O)N2CCOCC2)c([N+](=O)[O-])c1. The van der Waals surface area contributed by atoms with E-state index in [-0.39, 0.29) is 28.7 Å². The van der Waals surface area contributed by atoms with Crippen LogP contribution in [-0.2, 0) is 19.6 Å². The van der Waals surface area contributed by atoms with Crippen LogP contribution in [0.2, 0.25) is 0 Å². The molecule has 0 radical (unpaired) electrons. The summed E-state index contributed by atoms with van der Waals surface area (Å²) in [6.45, 7) is 1.79. The van der Waals surface area contributed by atoms with Gasteiger partial charge in [-0.15, -0.1) is 11.8 Å². The maximum Gasteiger partial charge on any atom is 0.293 e. The summed E-state index contributed by atoms with van der Waals surface area (Å²) in [5, 5.41) is 19.7. The number of carbonyl (C=O) groups is 1. The lowest BCUT2D eigenvalue weighted by Gasteiger charge is -2.29. The fourth-order valence-corrected chi connectivity index (χ4v) is 4.67. The molecule has 1 fully saturated rings. The van der Waals surface area contributed by atoms with Gasteiger partial charge in [0.1, 0.15) is 11.5 Å². The number of thioether (sulfide) groups is 1. The van der Waals surface area contributed by atoms with Gasteiger partial charge in [-0.1, -0.05) is 0 Å². The monoisotopic (exact) mass is 498 g/mol. The Hall–Kier alpha value is -2.74. The van der Waals surface area contributed by atoms with Gasteiger partial charge in [-0.2, -0.15) is 0 Å². The molecule has 2 aromatic rings. The summed E-state index contributed by atoms with van der Waals surface area (Å²) >= 11 is 1.36. The molecule has 0 aliphatic carbocycles. The molecule has 33 heavy (non-hydrogen) atoms. The third-order valence-corrected chi connectivity index (χ3v) is 6.99. The van der Waals surface area contributed by atoms with Crippen molar-refractivity contribution in [2.24, 2.45) is 5.14 Å². The molecule has 0 saturated carbocycles. The number of amides is 1. The van der Waals surface area contributed by atoms with Gasteiger partial charge in [0.25, 0.3) is 5.69 Å². The molecule has 3 rings (SSSR count). The van der Waals surface area contributed by atoms with Crippen molar-refractivity contribution in [2.45, 2.75) is 22.3 Å². The number of rotatable bonds is 9. The van der Waals surface area contributed by atoms with Gasteiger partial charge >= 0.3 is 0 Å². The molecule has 1 aliphatic heterocycles. The van der Waals surface area contributed by atoms with Crippen molar-refractivity contribution >= 4 is 39.1 Å². The zero-order valence-electron chi connectivity index (χ0n) is 17.5. The van der Waals surface area contributed by atoms with Crippen molar-refractivity contribution < 1.29 is 27.3 Å². The van der Waals surface area contributed by atoms with Crippen LogP contribution in [0, 0.1) is 15.9 Å². The number of sulfonamides is 1. The van der Waals surface area contributed by atoms with Crippen molar-refractivity contribution in [1.82, 2.24) is 4.90 Å². The smallest absolute Gasteiger partial charge is 0.293 e. The number of hydrogen-bond donors (Lipinski definition) is 2. The van der Waals surface area contributed by atoms with E-state index in [1.54, 1.807) is 17.0 Å². The standard InChI is InChI=1S/C20H23FN4O6S2/c21-14-1-3-16(4-2-14)32-13-15(11-20(26)24-7-9-31-10-8-24)23-18-6-5-17(33(22,29)30)12-19(18)25(27)28/h1-6,12,15,23H,7-11,13H2,(H2,22,29,30)/t15-/m1/s1. The molecule has 0 bridgehead atoms. The Morgan fingerprint density at radius 2 is 1.91 bits per heavy atom. The highest BCUT2D eigenvalue weighted by molar-refractivity contribution is 7.99. The minimum Gasteiger partial charge on any atom is -0.378 e. The van der Waals surface area contributed by atoms with Gasteiger partial charge in [-0.3, -0.25) is 14.9 Å². The van der Waals surface area contributed by atoms with Gasteiger partial charge in [0.15, 0.2) is 0 Å². The first kappa shape index (κ1) is 24.9. The van der Waals surface area contributed by atoms with Crippen molar-refractivity contribution in [3.63, 3.8) is 0 Å². The predicted molar refractivity (Wildman–Crippen MR) is 121 cm³/mol. The molecule has 0 aromatic heterocycles. The number of anilines is 1. The molecule has 1 saturated heterocycles. The highest BCUT2D eigenvalue weighted by atomic mass is 32.2. The van der Waals surface area contributed by atoms with E-state index < -0.39 is 26.7 Å². The Bertz CT molecular complexity index is 1110. The molecule has 178 valence electrons. The summed E-state index contributed by atoms with van der Waals surface area (Å²) in [7, 11) is -4.13. The Morgan fingerprint density at radius 1 is 1.24 bits per heavy atom. The number of primary sulfonamides is 1. The summed E-state index contributed by atoms with van der Waals surface area (Å²) in [5.74, 6) is -0.170. The molecule has 0 unspecified atom stereocenters. The van der Waals surface area contributed by atoms with Crippen LogP contribution in [0.1, 0.15) is 6.42 Å². The van der Waals surface area contributed by atoms with Crippen LogP contribution in [0.3, 0.4) is 0 Å². The maximum atomic E-state index is 13.2. The molecule has 1 aliphatic rings. The zero-order valence-corrected chi connectivity index (χ0v) is 19.1. The molecule has 3 N–H and O–H groups in total. The third kappa shape index (κ3) is 7.12. The highest BCUT2D eigenvalue weighted by Crippen LogP contribution is 2.30. The second kappa shape index (κ2) is 10.9. The van der Waals surface area contributed by atoms with E-state index in [9.17, 15) is 27.7 Å². The van der Waals surface area contributed by atoms with E-state index in [0.29, 0.717) is 32.1 Å². The van der Waals surface area contributed by atoms with E-state index in [2.05, 4.69) is 5.32 Å². The summed E-state index contributed by atoms with van der Waals surface area (Å²) < 4.78 is 41.6. The van der Waals surface area contributed by atoms with E-state index in [1.165, 1.54) is 36.0 Å². The van der Waals surface area contributed by atoms with Crippen molar-refractivity contribution in [1.29, 1.82) is 0 Å². The normalized spacial score (nSPS) is 15.2. The van der Waals surface area contributed by atoms with Crippen molar-refractivity contribution in [3.05, 3.63) is 58.4 Å². The first-order valence-corrected chi connectivity index (χ1v) is 12.5. The second-order valence-corrected chi connectivity index (χ2v) is 9.94. The molecular weight excluding hydrogens is 475 g/mol. The first-order valence-electron chi connectivity index (χ1n) is 9.95.